The minimum Gasteiger partial charge on any atom is -0.379 e. The molecule has 0 radical (unpaired) electrons. The van der Waals surface area contributed by atoms with Gasteiger partial charge in [-0.15, -0.1) is 0 Å². The normalized spacial score (nSPS) is 39.0. The molecule has 0 aromatic heterocycles. The van der Waals surface area contributed by atoms with E-state index in [-0.39, 0.29) is 5.22 Å². The third-order valence-electron chi connectivity index (χ3n) is 3.93. The Morgan fingerprint density at radius 3 is 2.31 bits per heavy atom. The summed E-state index contributed by atoms with van der Waals surface area (Å²) in [6.45, 7) is 7.04. The lowest BCUT2D eigenvalue weighted by Crippen LogP contribution is -2.63. The van der Waals surface area contributed by atoms with Gasteiger partial charge in [0.1, 0.15) is 0 Å². The fourth-order valence-corrected chi connectivity index (χ4v) is 5.71. The lowest BCUT2D eigenvalue weighted by atomic mass is 10.1. The molecule has 0 N–H and O–H groups in total. The summed E-state index contributed by atoms with van der Waals surface area (Å²) in [6, 6.07) is 1.36. The molecule has 1 saturated heterocycles. The lowest BCUT2D eigenvalue weighted by Gasteiger charge is -2.49. The van der Waals surface area contributed by atoms with Gasteiger partial charge in [-0.05, 0) is 13.3 Å². The van der Waals surface area contributed by atoms with Crippen LogP contribution in [-0.2, 0) is 9.47 Å². The largest absolute Gasteiger partial charge is 0.379 e. The smallest absolute Gasteiger partial charge is 0.0885 e. The van der Waals surface area contributed by atoms with E-state index < -0.39 is 8.07 Å². The molecule has 0 amide bonds. The second kappa shape index (κ2) is 3.71. The van der Waals surface area contributed by atoms with E-state index in [0.29, 0.717) is 6.10 Å². The molecule has 1 rings (SSSR count). The van der Waals surface area contributed by atoms with E-state index in [1.165, 1.54) is 12.5 Å². The van der Waals surface area contributed by atoms with Gasteiger partial charge in [0.2, 0.25) is 0 Å². The summed E-state index contributed by atoms with van der Waals surface area (Å²) in [5, 5.41) is 0.000000000000000222. The lowest BCUT2D eigenvalue weighted by molar-refractivity contribution is -0.0705. The van der Waals surface area contributed by atoms with Crippen molar-refractivity contribution in [3.05, 3.63) is 0 Å². The predicted octanol–water partition coefficient (Wildman–Crippen LogP) is 2.45. The van der Waals surface area contributed by atoms with Crippen LogP contribution < -0.4 is 0 Å². The quantitative estimate of drug-likeness (QED) is 0.640. The number of ether oxygens (including phenoxy) is 2. The Labute approximate surface area is 82.6 Å². The molecule has 13 heavy (non-hydrogen) atoms. The van der Waals surface area contributed by atoms with Crippen LogP contribution in [0.5, 0.6) is 0 Å². The number of methoxy groups -OCH3 is 2. The summed E-state index contributed by atoms with van der Waals surface area (Å²) >= 11 is 0. The maximum absolute atomic E-state index is 5.73. The standard InChI is InChI=1S/C10H22O2Si/c1-10(12-3)9(11-2)7-6-8-13(10,4)5/h9H,6-8H2,1-5H3. The van der Waals surface area contributed by atoms with E-state index >= 15 is 0 Å². The van der Waals surface area contributed by atoms with Crippen LogP contribution >= 0.6 is 0 Å². The SMILES string of the molecule is COC1CCC[Si](C)(C)C1(C)OC. The van der Waals surface area contributed by atoms with Crippen molar-refractivity contribution in [2.24, 2.45) is 0 Å². The van der Waals surface area contributed by atoms with Gasteiger partial charge in [-0.2, -0.15) is 0 Å². The first kappa shape index (κ1) is 11.2. The zero-order valence-electron chi connectivity index (χ0n) is 9.52. The summed E-state index contributed by atoms with van der Waals surface area (Å²) in [4.78, 5) is 0. The van der Waals surface area contributed by atoms with Crippen molar-refractivity contribution in [3.8, 4) is 0 Å². The van der Waals surface area contributed by atoms with Gasteiger partial charge in [0.15, 0.2) is 0 Å². The van der Waals surface area contributed by atoms with E-state index in [1.54, 1.807) is 7.11 Å². The van der Waals surface area contributed by atoms with Gasteiger partial charge >= 0.3 is 0 Å². The average Bonchev–Trinajstić information content (AvgIpc) is 2.09. The average molecular weight is 202 g/mol. The van der Waals surface area contributed by atoms with Crippen molar-refractivity contribution in [1.29, 1.82) is 0 Å². The summed E-state index contributed by atoms with van der Waals surface area (Å²) in [7, 11) is 2.35. The van der Waals surface area contributed by atoms with Gasteiger partial charge in [0.05, 0.1) is 19.4 Å². The topological polar surface area (TPSA) is 18.5 Å². The van der Waals surface area contributed by atoms with E-state index in [1.807, 2.05) is 7.11 Å². The van der Waals surface area contributed by atoms with Crippen LogP contribution in [0.2, 0.25) is 19.1 Å². The van der Waals surface area contributed by atoms with Crippen LogP contribution in [0.25, 0.3) is 0 Å². The van der Waals surface area contributed by atoms with Crippen molar-refractivity contribution in [3.63, 3.8) is 0 Å². The minimum atomic E-state index is -1.28. The highest BCUT2D eigenvalue weighted by atomic mass is 28.3. The molecule has 0 saturated carbocycles. The molecule has 2 atom stereocenters. The Morgan fingerprint density at radius 1 is 1.31 bits per heavy atom. The van der Waals surface area contributed by atoms with E-state index in [0.717, 1.165) is 6.42 Å². The second-order valence-electron chi connectivity index (χ2n) is 4.81. The first-order valence-electron chi connectivity index (χ1n) is 5.06. The van der Waals surface area contributed by atoms with E-state index in [4.69, 9.17) is 9.47 Å². The molecular formula is C10H22O2Si. The molecule has 3 heteroatoms. The minimum absolute atomic E-state index is 0.000000000000000222. The summed E-state index contributed by atoms with van der Waals surface area (Å²) in [6.07, 6.45) is 2.75. The zero-order chi connectivity index (χ0) is 10.1. The van der Waals surface area contributed by atoms with Gasteiger partial charge < -0.3 is 9.47 Å². The summed E-state index contributed by atoms with van der Waals surface area (Å²) in [5.74, 6) is 0. The predicted molar refractivity (Wildman–Crippen MR) is 57.7 cm³/mol. The molecule has 0 spiro atoms. The van der Waals surface area contributed by atoms with Crippen LogP contribution in [-0.4, -0.2) is 33.6 Å². The molecule has 0 bridgehead atoms. The highest BCUT2D eigenvalue weighted by Crippen LogP contribution is 2.39. The first-order chi connectivity index (χ1) is 5.98. The number of hydrogen-bond acceptors (Lipinski definition) is 2. The second-order valence-corrected chi connectivity index (χ2v) is 10.1. The summed E-state index contributed by atoms with van der Waals surface area (Å²) in [5.41, 5.74) is 0. The van der Waals surface area contributed by atoms with E-state index in [9.17, 15) is 0 Å². The van der Waals surface area contributed by atoms with Gasteiger partial charge in [-0.25, -0.2) is 0 Å². The van der Waals surface area contributed by atoms with Gasteiger partial charge in [0, 0.05) is 14.2 Å². The van der Waals surface area contributed by atoms with Gasteiger partial charge in [-0.3, -0.25) is 0 Å². The number of rotatable bonds is 2. The Hall–Kier alpha value is 0.137. The molecule has 1 fully saturated rings. The first-order valence-corrected chi connectivity index (χ1v) is 8.26. The van der Waals surface area contributed by atoms with Crippen LogP contribution in [0.3, 0.4) is 0 Å². The fraction of sp³-hybridized carbons (Fsp3) is 1.00. The highest BCUT2D eigenvalue weighted by molar-refractivity contribution is 6.80. The van der Waals surface area contributed by atoms with Crippen molar-refractivity contribution in [2.45, 2.75) is 50.2 Å². The van der Waals surface area contributed by atoms with E-state index in [2.05, 4.69) is 20.0 Å². The molecule has 2 unspecified atom stereocenters. The fourth-order valence-electron chi connectivity index (χ4n) is 2.44. The van der Waals surface area contributed by atoms with Crippen LogP contribution in [0, 0.1) is 0 Å². The molecular weight excluding hydrogens is 180 g/mol. The van der Waals surface area contributed by atoms with Gasteiger partial charge in [0.25, 0.3) is 0 Å². The molecule has 1 heterocycles. The molecule has 2 nitrogen and oxygen atoms in total. The Morgan fingerprint density at radius 2 is 1.92 bits per heavy atom. The Bertz CT molecular complexity index is 182. The summed E-state index contributed by atoms with van der Waals surface area (Å²) < 4.78 is 11.3. The highest BCUT2D eigenvalue weighted by Gasteiger charge is 2.51. The van der Waals surface area contributed by atoms with Crippen LogP contribution in [0.15, 0.2) is 0 Å². The molecule has 1 aliphatic heterocycles. The molecule has 78 valence electrons. The maximum Gasteiger partial charge on any atom is 0.0885 e. The van der Waals surface area contributed by atoms with Crippen molar-refractivity contribution in [2.75, 3.05) is 14.2 Å². The molecule has 0 aromatic rings. The third kappa shape index (κ3) is 1.69. The number of hydrogen-bond donors (Lipinski definition) is 0. The van der Waals surface area contributed by atoms with Gasteiger partial charge in [-0.1, -0.05) is 25.6 Å². The Kier molecular flexibility index (Phi) is 3.20. The molecule has 0 aliphatic carbocycles. The van der Waals surface area contributed by atoms with Crippen LogP contribution in [0.4, 0.5) is 0 Å². The van der Waals surface area contributed by atoms with Crippen molar-refractivity contribution < 1.29 is 9.47 Å². The maximum atomic E-state index is 5.73. The molecule has 1 aliphatic rings. The van der Waals surface area contributed by atoms with Crippen molar-refractivity contribution >= 4 is 8.07 Å². The molecule has 0 aromatic carbocycles. The van der Waals surface area contributed by atoms with Crippen molar-refractivity contribution in [1.82, 2.24) is 0 Å². The monoisotopic (exact) mass is 202 g/mol. The third-order valence-corrected chi connectivity index (χ3v) is 8.75. The van der Waals surface area contributed by atoms with Crippen LogP contribution in [0.1, 0.15) is 19.8 Å². The Balaban J connectivity index is 2.90. The zero-order valence-corrected chi connectivity index (χ0v) is 10.5.